The second-order valence-electron chi connectivity index (χ2n) is 8.80. The Morgan fingerprint density at radius 2 is 1.60 bits per heavy atom. The zero-order chi connectivity index (χ0) is 22.4. The lowest BCUT2D eigenvalue weighted by Crippen LogP contribution is -2.38. The van der Waals surface area contributed by atoms with Crippen LogP contribution in [0.25, 0.3) is 0 Å². The number of unbranched alkanes of at least 4 members (excludes halogenated alkanes) is 7. The van der Waals surface area contributed by atoms with E-state index in [1.54, 1.807) is 0 Å². The maximum Gasteiger partial charge on any atom is 0.407 e. The maximum atomic E-state index is 11.9. The first-order valence-corrected chi connectivity index (χ1v) is 11.1. The number of alkyl carbamates (subject to hydrolysis) is 1. The summed E-state index contributed by atoms with van der Waals surface area (Å²) < 4.78 is 9.95. The summed E-state index contributed by atoms with van der Waals surface area (Å²) >= 11 is 0. The van der Waals surface area contributed by atoms with Gasteiger partial charge in [0.05, 0.1) is 13.0 Å². The number of hydrogen-bond acceptors (Lipinski definition) is 6. The minimum Gasteiger partial charge on any atom is -0.464 e. The molecule has 2 N–H and O–H groups in total. The molecule has 1 aliphatic heterocycles. The fourth-order valence-corrected chi connectivity index (χ4v) is 3.15. The lowest BCUT2D eigenvalue weighted by molar-refractivity contribution is -0.142. The van der Waals surface area contributed by atoms with Crippen molar-refractivity contribution in [1.82, 2.24) is 10.6 Å². The van der Waals surface area contributed by atoms with Gasteiger partial charge in [0.1, 0.15) is 17.4 Å². The first-order valence-electron chi connectivity index (χ1n) is 11.1. The summed E-state index contributed by atoms with van der Waals surface area (Å²) in [6.45, 7) is 6.48. The van der Waals surface area contributed by atoms with Crippen LogP contribution in [0.2, 0.25) is 0 Å². The molecule has 0 aromatic rings. The summed E-state index contributed by atoms with van der Waals surface area (Å²) in [5.74, 6) is -0.906. The molecule has 1 unspecified atom stereocenters. The van der Waals surface area contributed by atoms with E-state index in [0.717, 1.165) is 51.4 Å². The number of Topliss-reactive ketones (excluding diaryl/α,β-unsaturated/α-hetero) is 1. The molecular formula is C22H38N2O6. The number of esters is 1. The number of carbonyl (C=O) groups is 4. The maximum absolute atomic E-state index is 11.9. The van der Waals surface area contributed by atoms with E-state index in [1.165, 1.54) is 0 Å². The van der Waals surface area contributed by atoms with Gasteiger partial charge >= 0.3 is 12.1 Å². The van der Waals surface area contributed by atoms with Crippen LogP contribution in [0.4, 0.5) is 4.79 Å². The topological polar surface area (TPSA) is 111 Å². The second kappa shape index (κ2) is 14.0. The highest BCUT2D eigenvalue weighted by Crippen LogP contribution is 2.11. The van der Waals surface area contributed by atoms with E-state index in [-0.39, 0.29) is 18.3 Å². The quantitative estimate of drug-likeness (QED) is 0.250. The molecule has 0 spiro atoms. The van der Waals surface area contributed by atoms with Crippen LogP contribution in [0.3, 0.4) is 0 Å². The van der Waals surface area contributed by atoms with Gasteiger partial charge in [-0.25, -0.2) is 9.59 Å². The minimum absolute atomic E-state index is 0.0867. The summed E-state index contributed by atoms with van der Waals surface area (Å²) in [4.78, 5) is 46.4. The van der Waals surface area contributed by atoms with Gasteiger partial charge in [-0.05, 0) is 33.6 Å². The van der Waals surface area contributed by atoms with E-state index in [0.29, 0.717) is 26.0 Å². The molecule has 1 fully saturated rings. The lowest BCUT2D eigenvalue weighted by Gasteiger charge is -2.19. The molecule has 0 bridgehead atoms. The molecule has 30 heavy (non-hydrogen) atoms. The fourth-order valence-electron chi connectivity index (χ4n) is 3.15. The second-order valence-corrected chi connectivity index (χ2v) is 8.80. The molecule has 0 saturated carbocycles. The monoisotopic (exact) mass is 426 g/mol. The lowest BCUT2D eigenvalue weighted by atomic mass is 10.0. The smallest absolute Gasteiger partial charge is 0.407 e. The van der Waals surface area contributed by atoms with E-state index in [9.17, 15) is 19.2 Å². The molecule has 1 heterocycles. The average Bonchev–Trinajstić information content (AvgIpc) is 3.02. The Hall–Kier alpha value is -2.12. The van der Waals surface area contributed by atoms with Gasteiger partial charge in [-0.15, -0.1) is 0 Å². The van der Waals surface area contributed by atoms with Crippen LogP contribution in [0.15, 0.2) is 0 Å². The highest BCUT2D eigenvalue weighted by Gasteiger charge is 2.28. The normalized spacial score (nSPS) is 16.1. The Balaban J connectivity index is 1.89. The molecule has 172 valence electrons. The molecular weight excluding hydrogens is 388 g/mol. The van der Waals surface area contributed by atoms with Crippen molar-refractivity contribution in [2.45, 2.75) is 103 Å². The van der Waals surface area contributed by atoms with Crippen LogP contribution in [0.1, 0.15) is 91.4 Å². The zero-order valence-electron chi connectivity index (χ0n) is 18.7. The Bertz CT molecular complexity index is 570. The molecule has 1 aliphatic rings. The van der Waals surface area contributed by atoms with Crippen molar-refractivity contribution in [3.05, 3.63) is 0 Å². The summed E-state index contributed by atoms with van der Waals surface area (Å²) in [5.41, 5.74) is -0.466. The number of hydrogen-bond donors (Lipinski definition) is 2. The van der Waals surface area contributed by atoms with Crippen molar-refractivity contribution in [1.29, 1.82) is 0 Å². The average molecular weight is 427 g/mol. The van der Waals surface area contributed by atoms with Crippen LogP contribution in [-0.2, 0) is 23.9 Å². The number of ether oxygens (including phenoxy) is 2. The molecule has 8 nitrogen and oxygen atoms in total. The van der Waals surface area contributed by atoms with Gasteiger partial charge in [-0.1, -0.05) is 38.5 Å². The summed E-state index contributed by atoms with van der Waals surface area (Å²) in [6.07, 6.45) is 8.57. The number of carbonyl (C=O) groups excluding carboxylic acids is 4. The van der Waals surface area contributed by atoms with Gasteiger partial charge in [0.25, 0.3) is 0 Å². The number of ketones is 1. The first-order chi connectivity index (χ1) is 14.2. The van der Waals surface area contributed by atoms with Gasteiger partial charge in [-0.3, -0.25) is 9.59 Å². The molecule has 8 heteroatoms. The molecule has 1 saturated heterocycles. The number of amides is 2. The van der Waals surface area contributed by atoms with Gasteiger partial charge in [0.2, 0.25) is 5.91 Å². The summed E-state index contributed by atoms with van der Waals surface area (Å²) in [5, 5.41) is 5.31. The Morgan fingerprint density at radius 3 is 2.17 bits per heavy atom. The molecule has 0 radical (unpaired) electrons. The molecule has 1 rings (SSSR count). The predicted molar refractivity (Wildman–Crippen MR) is 113 cm³/mol. The summed E-state index contributed by atoms with van der Waals surface area (Å²) in [7, 11) is 0. The van der Waals surface area contributed by atoms with Crippen molar-refractivity contribution in [3.8, 4) is 0 Å². The summed E-state index contributed by atoms with van der Waals surface area (Å²) in [6, 6.07) is -0.599. The van der Waals surface area contributed by atoms with E-state index in [2.05, 4.69) is 10.6 Å². The van der Waals surface area contributed by atoms with Gasteiger partial charge in [-0.2, -0.15) is 0 Å². The van der Waals surface area contributed by atoms with Crippen LogP contribution in [0, 0.1) is 0 Å². The third kappa shape index (κ3) is 13.2. The number of rotatable bonds is 14. The minimum atomic E-state index is -0.599. The van der Waals surface area contributed by atoms with Gasteiger partial charge in [0.15, 0.2) is 0 Å². The van der Waals surface area contributed by atoms with Crippen LogP contribution in [-0.4, -0.2) is 48.5 Å². The van der Waals surface area contributed by atoms with E-state index in [1.807, 2.05) is 20.8 Å². The molecule has 0 aliphatic carbocycles. The standard InChI is InChI=1S/C22H38N2O6/c1-22(2,3)30-21(28)23-14-11-9-7-5-4-6-8-10-12-17(25)16-19(26)24-18-13-15-29-20(18)27/h18H,4-16H2,1-3H3,(H,23,28)(H,24,26). The molecule has 1 atom stereocenters. The van der Waals surface area contributed by atoms with Crippen LogP contribution in [0.5, 0.6) is 0 Å². The van der Waals surface area contributed by atoms with Crippen LogP contribution >= 0.6 is 0 Å². The van der Waals surface area contributed by atoms with Crippen LogP contribution < -0.4 is 10.6 Å². The van der Waals surface area contributed by atoms with E-state index in [4.69, 9.17) is 9.47 Å². The third-order valence-electron chi connectivity index (χ3n) is 4.68. The third-order valence-corrected chi connectivity index (χ3v) is 4.68. The highest BCUT2D eigenvalue weighted by atomic mass is 16.6. The first kappa shape index (κ1) is 25.9. The van der Waals surface area contributed by atoms with Crippen molar-refractivity contribution in [2.24, 2.45) is 0 Å². The largest absolute Gasteiger partial charge is 0.464 e. The fraction of sp³-hybridized carbons (Fsp3) is 0.818. The molecule has 0 aromatic carbocycles. The Kier molecular flexibility index (Phi) is 12.1. The molecule has 2 amide bonds. The van der Waals surface area contributed by atoms with Crippen molar-refractivity contribution in [3.63, 3.8) is 0 Å². The van der Waals surface area contributed by atoms with Gasteiger partial charge < -0.3 is 20.1 Å². The predicted octanol–water partition coefficient (Wildman–Crippen LogP) is 3.41. The van der Waals surface area contributed by atoms with Crippen molar-refractivity contribution in [2.75, 3.05) is 13.2 Å². The SMILES string of the molecule is CC(C)(C)OC(=O)NCCCCCCCCCCC(=O)CC(=O)NC1CCOC1=O. The van der Waals surface area contributed by atoms with E-state index < -0.39 is 23.5 Å². The van der Waals surface area contributed by atoms with Gasteiger partial charge in [0, 0.05) is 19.4 Å². The molecule has 0 aromatic heterocycles. The zero-order valence-corrected chi connectivity index (χ0v) is 18.7. The van der Waals surface area contributed by atoms with Crippen molar-refractivity contribution < 1.29 is 28.7 Å². The van der Waals surface area contributed by atoms with E-state index >= 15 is 0 Å². The van der Waals surface area contributed by atoms with Crippen molar-refractivity contribution >= 4 is 23.8 Å². The number of nitrogens with one attached hydrogen (secondary N) is 2. The Labute approximate surface area is 179 Å². The number of cyclic esters (lactones) is 1. The Morgan fingerprint density at radius 1 is 1.00 bits per heavy atom. The highest BCUT2D eigenvalue weighted by molar-refractivity contribution is 5.99.